The number of halogens is 1. The van der Waals surface area contributed by atoms with Crippen LogP contribution in [0.25, 0.3) is 10.4 Å². The molecule has 1 aromatic rings. The van der Waals surface area contributed by atoms with E-state index in [2.05, 4.69) is 20.0 Å². The molecule has 0 aliphatic carbocycles. The Kier molecular flexibility index (Phi) is 4.27. The zero-order valence-corrected chi connectivity index (χ0v) is 8.78. The second-order valence-corrected chi connectivity index (χ2v) is 3.28. The lowest BCUT2D eigenvalue weighted by molar-refractivity contribution is 0.0221. The first kappa shape index (κ1) is 12.5. The third kappa shape index (κ3) is 2.94. The van der Waals surface area contributed by atoms with Crippen LogP contribution >= 0.6 is 11.6 Å². The zero-order valence-electron chi connectivity index (χ0n) is 8.02. The molecule has 0 radical (unpaired) electrons. The first-order valence-electron chi connectivity index (χ1n) is 4.21. The molecule has 0 saturated heterocycles. The summed E-state index contributed by atoms with van der Waals surface area (Å²) in [4.78, 5) is 9.86. The van der Waals surface area contributed by atoms with Gasteiger partial charge in [-0.2, -0.15) is 0 Å². The molecule has 0 spiro atoms. The Hall–Kier alpha value is -1.60. The molecule has 1 heterocycles. The Morgan fingerprint density at radius 2 is 2.31 bits per heavy atom. The van der Waals surface area contributed by atoms with E-state index in [9.17, 15) is 10.2 Å². The molecule has 0 aromatic carbocycles. The Bertz CT molecular complexity index is 421. The Morgan fingerprint density at radius 1 is 1.62 bits per heavy atom. The smallest absolute Gasteiger partial charge is 0.148 e. The lowest BCUT2D eigenvalue weighted by Crippen LogP contribution is -2.23. The first-order valence-corrected chi connectivity index (χ1v) is 4.59. The van der Waals surface area contributed by atoms with Gasteiger partial charge in [0.15, 0.2) is 0 Å². The molecule has 0 bridgehead atoms. The Morgan fingerprint density at radius 3 is 2.94 bits per heavy atom. The van der Waals surface area contributed by atoms with Crippen LogP contribution in [0.3, 0.4) is 0 Å². The zero-order chi connectivity index (χ0) is 12.1. The summed E-state index contributed by atoms with van der Waals surface area (Å²) in [6, 6.07) is 0. The highest BCUT2D eigenvalue weighted by Crippen LogP contribution is 2.21. The predicted octanol–water partition coefficient (Wildman–Crippen LogP) is 0.417. The van der Waals surface area contributed by atoms with Gasteiger partial charge in [0.1, 0.15) is 22.8 Å². The van der Waals surface area contributed by atoms with Crippen molar-refractivity contribution in [1.29, 1.82) is 0 Å². The lowest BCUT2D eigenvalue weighted by Gasteiger charge is -2.16. The highest BCUT2D eigenvalue weighted by atomic mass is 35.5. The van der Waals surface area contributed by atoms with E-state index in [-0.39, 0.29) is 23.2 Å². The minimum atomic E-state index is -1.41. The second kappa shape index (κ2) is 5.47. The van der Waals surface area contributed by atoms with Crippen molar-refractivity contribution in [3.05, 3.63) is 27.5 Å². The molecule has 2 unspecified atom stereocenters. The van der Waals surface area contributed by atoms with Gasteiger partial charge in [0, 0.05) is 4.91 Å². The normalized spacial score (nSPS) is 13.9. The van der Waals surface area contributed by atoms with Gasteiger partial charge in [-0.25, -0.2) is 9.97 Å². The van der Waals surface area contributed by atoms with Crippen molar-refractivity contribution in [2.24, 2.45) is 5.11 Å². The van der Waals surface area contributed by atoms with E-state index < -0.39 is 12.2 Å². The van der Waals surface area contributed by atoms with Gasteiger partial charge in [-0.1, -0.05) is 16.7 Å². The van der Waals surface area contributed by atoms with Crippen molar-refractivity contribution in [3.8, 4) is 0 Å². The van der Waals surface area contributed by atoms with Crippen LogP contribution in [0.1, 0.15) is 11.8 Å². The molecular weight excluding hydrogens is 236 g/mol. The molecule has 0 fully saturated rings. The summed E-state index contributed by atoms with van der Waals surface area (Å²) in [5.74, 6) is -0.0445. The van der Waals surface area contributed by atoms with Crippen molar-refractivity contribution in [2.75, 3.05) is 12.3 Å². The summed E-state index contributed by atoms with van der Waals surface area (Å²) in [6.07, 6.45) is -1.50. The van der Waals surface area contributed by atoms with E-state index in [1.165, 1.54) is 6.20 Å². The van der Waals surface area contributed by atoms with Gasteiger partial charge in [-0.15, -0.1) is 0 Å². The number of aromatic nitrogens is 2. The van der Waals surface area contributed by atoms with Gasteiger partial charge in [0.2, 0.25) is 0 Å². The number of aliphatic hydroxyl groups is 2. The first-order chi connectivity index (χ1) is 7.56. The number of anilines is 1. The van der Waals surface area contributed by atoms with Crippen molar-refractivity contribution in [2.45, 2.75) is 12.2 Å². The van der Waals surface area contributed by atoms with Crippen LogP contribution < -0.4 is 5.73 Å². The monoisotopic (exact) mass is 244 g/mol. The number of aliphatic hydroxyl groups excluding tert-OH is 2. The molecule has 1 rings (SSSR count). The minimum Gasteiger partial charge on any atom is -0.390 e. The highest BCUT2D eigenvalue weighted by molar-refractivity contribution is 6.29. The van der Waals surface area contributed by atoms with Gasteiger partial charge in [-0.3, -0.25) is 0 Å². The maximum Gasteiger partial charge on any atom is 0.148 e. The van der Waals surface area contributed by atoms with Gasteiger partial charge < -0.3 is 15.9 Å². The molecule has 0 aliphatic heterocycles. The standard InChI is InChI=1S/C7H9ClN6O2/c8-4-2-11-7(9)5(13-4)6(16)3(15)1-12-14-10/h2-3,6,15-16H,1H2,(H2,9,11). The van der Waals surface area contributed by atoms with Crippen molar-refractivity contribution in [3.63, 3.8) is 0 Å². The maximum atomic E-state index is 9.65. The number of azide groups is 1. The van der Waals surface area contributed by atoms with E-state index in [0.717, 1.165) is 0 Å². The van der Waals surface area contributed by atoms with Crippen LogP contribution in [0.15, 0.2) is 11.3 Å². The number of nitrogens with two attached hydrogens (primary N) is 1. The summed E-state index contributed by atoms with van der Waals surface area (Å²) in [5.41, 5.74) is 13.5. The van der Waals surface area contributed by atoms with E-state index in [1.807, 2.05) is 0 Å². The minimum absolute atomic E-state index is 0.0410. The van der Waals surface area contributed by atoms with Crippen LogP contribution in [0.2, 0.25) is 5.15 Å². The van der Waals surface area contributed by atoms with Crippen LogP contribution in [0.5, 0.6) is 0 Å². The topological polar surface area (TPSA) is 141 Å². The molecular formula is C7H9ClN6O2. The largest absolute Gasteiger partial charge is 0.390 e. The molecule has 16 heavy (non-hydrogen) atoms. The highest BCUT2D eigenvalue weighted by Gasteiger charge is 2.22. The van der Waals surface area contributed by atoms with E-state index in [4.69, 9.17) is 22.9 Å². The SMILES string of the molecule is [N-]=[N+]=NCC(O)C(O)c1nc(Cl)cnc1N. The average molecular weight is 245 g/mol. The van der Waals surface area contributed by atoms with Gasteiger partial charge in [-0.05, 0) is 5.53 Å². The summed E-state index contributed by atoms with van der Waals surface area (Å²) in [5, 5.41) is 22.2. The van der Waals surface area contributed by atoms with Crippen LogP contribution in [-0.4, -0.2) is 32.8 Å². The molecule has 2 atom stereocenters. The van der Waals surface area contributed by atoms with Crippen LogP contribution in [-0.2, 0) is 0 Å². The fourth-order valence-electron chi connectivity index (χ4n) is 1.01. The van der Waals surface area contributed by atoms with E-state index >= 15 is 0 Å². The van der Waals surface area contributed by atoms with Gasteiger partial charge >= 0.3 is 0 Å². The number of nitrogens with zero attached hydrogens (tertiary/aromatic N) is 5. The Labute approximate surface area is 95.3 Å². The summed E-state index contributed by atoms with van der Waals surface area (Å²) in [6.45, 7) is -0.300. The van der Waals surface area contributed by atoms with E-state index in [1.54, 1.807) is 0 Å². The fourth-order valence-corrected chi connectivity index (χ4v) is 1.15. The number of hydrogen-bond donors (Lipinski definition) is 3. The van der Waals surface area contributed by atoms with Gasteiger partial charge in [0.25, 0.3) is 0 Å². The molecule has 0 amide bonds. The summed E-state index contributed by atoms with van der Waals surface area (Å²) < 4.78 is 0. The molecule has 0 saturated carbocycles. The molecule has 1 aromatic heterocycles. The van der Waals surface area contributed by atoms with Crippen LogP contribution in [0.4, 0.5) is 5.82 Å². The average Bonchev–Trinajstić information content (AvgIpc) is 2.28. The molecule has 8 nitrogen and oxygen atoms in total. The quantitative estimate of drug-likeness (QED) is 0.400. The van der Waals surface area contributed by atoms with Crippen LogP contribution in [0, 0.1) is 0 Å². The molecule has 9 heteroatoms. The maximum absolute atomic E-state index is 9.65. The molecule has 86 valence electrons. The third-order valence-electron chi connectivity index (χ3n) is 1.78. The summed E-state index contributed by atoms with van der Waals surface area (Å²) in [7, 11) is 0. The number of rotatable bonds is 4. The van der Waals surface area contributed by atoms with E-state index in [0.29, 0.717) is 0 Å². The molecule has 4 N–H and O–H groups in total. The second-order valence-electron chi connectivity index (χ2n) is 2.89. The number of hydrogen-bond acceptors (Lipinski definition) is 6. The lowest BCUT2D eigenvalue weighted by atomic mass is 10.1. The van der Waals surface area contributed by atoms with Crippen molar-refractivity contribution >= 4 is 17.4 Å². The summed E-state index contributed by atoms with van der Waals surface area (Å²) >= 11 is 5.57. The van der Waals surface area contributed by atoms with Gasteiger partial charge in [0.05, 0.1) is 18.8 Å². The van der Waals surface area contributed by atoms with Crippen molar-refractivity contribution in [1.82, 2.24) is 9.97 Å². The Balaban J connectivity index is 2.90. The van der Waals surface area contributed by atoms with Crippen molar-refractivity contribution < 1.29 is 10.2 Å². The number of nitrogen functional groups attached to an aromatic ring is 1. The third-order valence-corrected chi connectivity index (χ3v) is 1.96. The molecule has 0 aliphatic rings. The fraction of sp³-hybridized carbons (Fsp3) is 0.429. The predicted molar refractivity (Wildman–Crippen MR) is 56.4 cm³/mol.